The molecule has 150 valence electrons. The van der Waals surface area contributed by atoms with Gasteiger partial charge in [-0.05, 0) is 41.8 Å². The first-order valence-electron chi connectivity index (χ1n) is 9.86. The van der Waals surface area contributed by atoms with Gasteiger partial charge in [-0.2, -0.15) is 0 Å². The Kier molecular flexibility index (Phi) is 6.05. The van der Waals surface area contributed by atoms with Crippen molar-refractivity contribution in [3.05, 3.63) is 76.5 Å². The summed E-state index contributed by atoms with van der Waals surface area (Å²) in [6.45, 7) is 1.87. The number of carbonyl (C=O) groups is 2. The molecule has 0 unspecified atom stereocenters. The van der Waals surface area contributed by atoms with E-state index in [9.17, 15) is 9.59 Å². The molecular formula is C22H24N4O2S. The summed E-state index contributed by atoms with van der Waals surface area (Å²) >= 11 is 1.42. The molecule has 1 atom stereocenters. The summed E-state index contributed by atoms with van der Waals surface area (Å²) in [7, 11) is 0. The molecule has 0 spiro atoms. The largest absolute Gasteiger partial charge is 0.350 e. The van der Waals surface area contributed by atoms with Crippen LogP contribution in [0.25, 0.3) is 0 Å². The Hall–Kier alpha value is -2.93. The quantitative estimate of drug-likeness (QED) is 0.681. The SMILES string of the molecule is O=C(NCc1ccc(Cn2ccnc2)cc1)[C@@H]1CCCCN1C(=O)c1cccs1. The number of nitrogens with one attached hydrogen (secondary N) is 1. The van der Waals surface area contributed by atoms with Crippen molar-refractivity contribution in [1.82, 2.24) is 19.8 Å². The van der Waals surface area contributed by atoms with E-state index in [1.54, 1.807) is 17.4 Å². The molecule has 1 aliphatic rings. The van der Waals surface area contributed by atoms with Gasteiger partial charge in [-0.1, -0.05) is 30.3 Å². The summed E-state index contributed by atoms with van der Waals surface area (Å²) in [5, 5.41) is 4.91. The van der Waals surface area contributed by atoms with Crippen LogP contribution in [0.1, 0.15) is 40.1 Å². The highest BCUT2D eigenvalue weighted by Crippen LogP contribution is 2.22. The fraction of sp³-hybridized carbons (Fsp3) is 0.318. The molecule has 1 aliphatic heterocycles. The van der Waals surface area contributed by atoms with Gasteiger partial charge >= 0.3 is 0 Å². The monoisotopic (exact) mass is 408 g/mol. The molecule has 1 N–H and O–H groups in total. The van der Waals surface area contributed by atoms with Gasteiger partial charge in [-0.15, -0.1) is 11.3 Å². The van der Waals surface area contributed by atoms with Crippen LogP contribution in [0, 0.1) is 0 Å². The lowest BCUT2D eigenvalue weighted by Crippen LogP contribution is -2.51. The van der Waals surface area contributed by atoms with E-state index in [1.165, 1.54) is 16.9 Å². The van der Waals surface area contributed by atoms with Crippen molar-refractivity contribution in [3.63, 3.8) is 0 Å². The minimum absolute atomic E-state index is 0.0382. The fourth-order valence-corrected chi connectivity index (χ4v) is 4.33. The molecule has 2 aromatic heterocycles. The highest BCUT2D eigenvalue weighted by molar-refractivity contribution is 7.12. The Morgan fingerprint density at radius 1 is 1.14 bits per heavy atom. The number of carbonyl (C=O) groups excluding carboxylic acids is 2. The minimum atomic E-state index is -0.390. The minimum Gasteiger partial charge on any atom is -0.350 e. The average Bonchev–Trinajstić information content (AvgIpc) is 3.47. The second kappa shape index (κ2) is 9.05. The summed E-state index contributed by atoms with van der Waals surface area (Å²) in [6, 6.07) is 11.5. The van der Waals surface area contributed by atoms with Crippen LogP contribution in [-0.4, -0.2) is 38.9 Å². The van der Waals surface area contributed by atoms with Crippen molar-refractivity contribution in [2.45, 2.75) is 38.4 Å². The maximum atomic E-state index is 12.8. The third-order valence-electron chi connectivity index (χ3n) is 5.21. The predicted molar refractivity (Wildman–Crippen MR) is 113 cm³/mol. The summed E-state index contributed by atoms with van der Waals surface area (Å²) in [5.74, 6) is -0.110. The third-order valence-corrected chi connectivity index (χ3v) is 6.07. The molecule has 0 bridgehead atoms. The van der Waals surface area contributed by atoms with Crippen LogP contribution < -0.4 is 5.32 Å². The zero-order chi connectivity index (χ0) is 20.1. The molecule has 29 heavy (non-hydrogen) atoms. The van der Waals surface area contributed by atoms with E-state index >= 15 is 0 Å². The van der Waals surface area contributed by atoms with Gasteiger partial charge in [0.1, 0.15) is 6.04 Å². The van der Waals surface area contributed by atoms with Crippen LogP contribution in [0.5, 0.6) is 0 Å². The van der Waals surface area contributed by atoms with E-state index in [1.807, 2.05) is 40.4 Å². The lowest BCUT2D eigenvalue weighted by Gasteiger charge is -2.34. The highest BCUT2D eigenvalue weighted by atomic mass is 32.1. The summed E-state index contributed by atoms with van der Waals surface area (Å²) in [6.07, 6.45) is 8.12. The van der Waals surface area contributed by atoms with E-state index < -0.39 is 0 Å². The van der Waals surface area contributed by atoms with E-state index in [2.05, 4.69) is 22.4 Å². The number of hydrogen-bond acceptors (Lipinski definition) is 4. The van der Waals surface area contributed by atoms with Crippen molar-refractivity contribution in [3.8, 4) is 0 Å². The normalized spacial score (nSPS) is 16.6. The maximum Gasteiger partial charge on any atom is 0.264 e. The summed E-state index contributed by atoms with van der Waals surface area (Å²) in [5.41, 5.74) is 2.22. The Labute approximate surface area is 174 Å². The molecule has 0 saturated carbocycles. The van der Waals surface area contributed by atoms with Crippen molar-refractivity contribution < 1.29 is 9.59 Å². The van der Waals surface area contributed by atoms with Crippen LogP contribution in [0.15, 0.2) is 60.5 Å². The number of aromatic nitrogens is 2. The Bertz CT molecular complexity index is 936. The number of nitrogens with zero attached hydrogens (tertiary/aromatic N) is 3. The molecule has 2 amide bonds. The van der Waals surface area contributed by atoms with Gasteiger partial charge in [-0.3, -0.25) is 9.59 Å². The van der Waals surface area contributed by atoms with Crippen LogP contribution >= 0.6 is 11.3 Å². The molecule has 3 heterocycles. The number of thiophene rings is 1. The fourth-order valence-electron chi connectivity index (χ4n) is 3.65. The van der Waals surface area contributed by atoms with Crippen molar-refractivity contribution >= 4 is 23.2 Å². The smallest absolute Gasteiger partial charge is 0.264 e. The van der Waals surface area contributed by atoms with Crippen molar-refractivity contribution in [1.29, 1.82) is 0 Å². The number of imidazole rings is 1. The Morgan fingerprint density at radius 2 is 1.97 bits per heavy atom. The van der Waals surface area contributed by atoms with Crippen LogP contribution in [0.4, 0.5) is 0 Å². The molecule has 6 nitrogen and oxygen atoms in total. The standard InChI is InChI=1S/C22H24N4O2S/c27-21(19-4-1-2-11-26(19)22(28)20-5-3-13-29-20)24-14-17-6-8-18(9-7-17)15-25-12-10-23-16-25/h3,5-10,12-13,16,19H,1-2,4,11,14-15H2,(H,24,27)/t19-/m0/s1. The Morgan fingerprint density at radius 3 is 2.69 bits per heavy atom. The van der Waals surface area contributed by atoms with Crippen molar-refractivity contribution in [2.75, 3.05) is 6.54 Å². The van der Waals surface area contributed by atoms with Gasteiger partial charge in [-0.25, -0.2) is 4.98 Å². The van der Waals surface area contributed by atoms with Gasteiger partial charge in [0, 0.05) is 32.0 Å². The van der Waals surface area contributed by atoms with Gasteiger partial charge in [0.25, 0.3) is 5.91 Å². The van der Waals surface area contributed by atoms with Crippen LogP contribution in [-0.2, 0) is 17.9 Å². The number of piperidine rings is 1. The first-order valence-corrected chi connectivity index (χ1v) is 10.7. The molecular weight excluding hydrogens is 384 g/mol. The lowest BCUT2D eigenvalue weighted by molar-refractivity contribution is -0.126. The molecule has 4 rings (SSSR count). The van der Waals surface area contributed by atoms with Crippen LogP contribution in [0.3, 0.4) is 0 Å². The number of hydrogen-bond donors (Lipinski definition) is 1. The van der Waals surface area contributed by atoms with Gasteiger partial charge in [0.05, 0.1) is 11.2 Å². The first-order chi connectivity index (χ1) is 14.2. The number of amides is 2. The van der Waals surface area contributed by atoms with Gasteiger partial charge in [0.15, 0.2) is 0 Å². The molecule has 1 saturated heterocycles. The van der Waals surface area contributed by atoms with E-state index in [4.69, 9.17) is 0 Å². The number of rotatable bonds is 6. The predicted octanol–water partition coefficient (Wildman–Crippen LogP) is 3.30. The number of benzene rings is 1. The Balaban J connectivity index is 1.34. The summed E-state index contributed by atoms with van der Waals surface area (Å²) in [4.78, 5) is 32.1. The molecule has 7 heteroatoms. The molecule has 3 aromatic rings. The highest BCUT2D eigenvalue weighted by Gasteiger charge is 2.32. The van der Waals surface area contributed by atoms with E-state index in [0.29, 0.717) is 24.4 Å². The van der Waals surface area contributed by atoms with Crippen molar-refractivity contribution in [2.24, 2.45) is 0 Å². The van der Waals surface area contributed by atoms with Gasteiger partial charge < -0.3 is 14.8 Å². The van der Waals surface area contributed by atoms with E-state index in [0.717, 1.165) is 24.9 Å². The summed E-state index contributed by atoms with van der Waals surface area (Å²) < 4.78 is 2.01. The van der Waals surface area contributed by atoms with Gasteiger partial charge in [0.2, 0.25) is 5.91 Å². The second-order valence-corrected chi connectivity index (χ2v) is 8.20. The van der Waals surface area contributed by atoms with E-state index in [-0.39, 0.29) is 17.9 Å². The topological polar surface area (TPSA) is 67.2 Å². The second-order valence-electron chi connectivity index (χ2n) is 7.26. The first kappa shape index (κ1) is 19.4. The molecule has 0 radical (unpaired) electrons. The molecule has 1 fully saturated rings. The maximum absolute atomic E-state index is 12.8. The molecule has 1 aromatic carbocycles. The number of likely N-dealkylation sites (tertiary alicyclic amines) is 1. The lowest BCUT2D eigenvalue weighted by atomic mass is 10.0. The molecule has 0 aliphatic carbocycles. The third kappa shape index (κ3) is 4.74. The zero-order valence-corrected chi connectivity index (χ0v) is 17.0. The average molecular weight is 409 g/mol. The zero-order valence-electron chi connectivity index (χ0n) is 16.2. The van der Waals surface area contributed by atoms with Crippen LogP contribution in [0.2, 0.25) is 0 Å².